The van der Waals surface area contributed by atoms with E-state index in [0.717, 1.165) is 17.1 Å². The maximum Gasteiger partial charge on any atom is 0.333 e. The summed E-state index contributed by atoms with van der Waals surface area (Å²) in [5, 5.41) is 5.21. The van der Waals surface area contributed by atoms with Gasteiger partial charge in [0.2, 0.25) is 10.0 Å². The van der Waals surface area contributed by atoms with Gasteiger partial charge in [-0.1, -0.05) is 55.8 Å². The molecule has 13 heteroatoms. The van der Waals surface area contributed by atoms with E-state index in [2.05, 4.69) is 9.97 Å². The Morgan fingerprint density at radius 2 is 1.64 bits per heavy atom. The lowest BCUT2D eigenvalue weighted by molar-refractivity contribution is 0.507. The smallest absolute Gasteiger partial charge is 0.333 e. The number of nitrogens with two attached hydrogens (primary N) is 1. The van der Waals surface area contributed by atoms with Gasteiger partial charge in [0.25, 0.3) is 5.56 Å². The molecule has 0 atom stereocenters. The first-order valence-electron chi connectivity index (χ1n) is 13.0. The van der Waals surface area contributed by atoms with Crippen molar-refractivity contribution in [2.45, 2.75) is 44.2 Å². The van der Waals surface area contributed by atoms with Crippen molar-refractivity contribution < 1.29 is 21.6 Å². The van der Waals surface area contributed by atoms with Crippen LogP contribution in [0, 0.1) is 17.5 Å². The van der Waals surface area contributed by atoms with Crippen LogP contribution >= 0.6 is 0 Å². The summed E-state index contributed by atoms with van der Waals surface area (Å²) in [5.74, 6) is -2.75. The molecule has 0 saturated heterocycles. The maximum absolute atomic E-state index is 14.6. The van der Waals surface area contributed by atoms with Gasteiger partial charge in [0.15, 0.2) is 17.3 Å². The van der Waals surface area contributed by atoms with Crippen LogP contribution in [0.25, 0.3) is 22.3 Å². The highest BCUT2D eigenvalue weighted by molar-refractivity contribution is 7.89. The quantitative estimate of drug-likeness (QED) is 0.265. The van der Waals surface area contributed by atoms with Gasteiger partial charge >= 0.3 is 5.69 Å². The molecule has 0 saturated carbocycles. The molecule has 3 aromatic carbocycles. The predicted molar refractivity (Wildman–Crippen MR) is 151 cm³/mol. The number of halogens is 3. The number of hydrogen-bond donors (Lipinski definition) is 2. The fourth-order valence-corrected chi connectivity index (χ4v) is 5.52. The Morgan fingerprint density at radius 3 is 2.31 bits per heavy atom. The molecular formula is C29H26F3N5O4S. The van der Waals surface area contributed by atoms with Crippen LogP contribution in [0.15, 0.2) is 75.1 Å². The van der Waals surface area contributed by atoms with Crippen molar-refractivity contribution in [1.82, 2.24) is 19.1 Å². The molecule has 0 aliphatic heterocycles. The molecule has 9 nitrogen and oxygen atoms in total. The Bertz CT molecular complexity index is 2030. The van der Waals surface area contributed by atoms with Crippen LogP contribution in [0.3, 0.4) is 0 Å². The molecular weight excluding hydrogens is 571 g/mol. The van der Waals surface area contributed by atoms with Gasteiger partial charge < -0.3 is 4.98 Å². The molecule has 0 unspecified atom stereocenters. The molecule has 0 aliphatic carbocycles. The van der Waals surface area contributed by atoms with E-state index in [4.69, 9.17) is 5.14 Å². The number of nitrogens with zero attached hydrogens (tertiary/aromatic N) is 3. The Kier molecular flexibility index (Phi) is 7.89. The Hall–Kier alpha value is -4.49. The van der Waals surface area contributed by atoms with Crippen molar-refractivity contribution in [3.05, 3.63) is 116 Å². The van der Waals surface area contributed by atoms with Crippen LogP contribution in [0.1, 0.15) is 36.7 Å². The van der Waals surface area contributed by atoms with E-state index >= 15 is 0 Å². The highest BCUT2D eigenvalue weighted by Crippen LogP contribution is 2.31. The molecule has 5 rings (SSSR count). The Labute approximate surface area is 238 Å². The van der Waals surface area contributed by atoms with Crippen LogP contribution in [-0.2, 0) is 29.5 Å². The number of unbranched alkanes of at least 4 members (excludes halogenated alkanes) is 1. The number of aryl methyl sites for hydroxylation is 1. The number of fused-ring (bicyclic) bond motifs is 1. The Balaban J connectivity index is 1.53. The first-order valence-corrected chi connectivity index (χ1v) is 14.6. The number of H-pyrrole nitrogens is 1. The van der Waals surface area contributed by atoms with E-state index in [1.807, 2.05) is 6.92 Å². The zero-order chi connectivity index (χ0) is 30.2. The van der Waals surface area contributed by atoms with Crippen molar-refractivity contribution in [1.29, 1.82) is 0 Å². The van der Waals surface area contributed by atoms with E-state index in [1.165, 1.54) is 34.9 Å². The standard InChI is InChI=1S/C29H26F3N5O4S/c1-2-3-14-36-27-26(28(38)37(29(36)39)16-19-6-4-5-7-20(19)30)34-23(35-27)15-17-8-10-18(11-9-17)24-22(42(33,40)41)13-12-21(31)25(24)32/h4-13H,2-3,14-16H2,1H3,(H,34,35)(H2,33,40,41). The van der Waals surface area contributed by atoms with Gasteiger partial charge in [-0.2, -0.15) is 0 Å². The summed E-state index contributed by atoms with van der Waals surface area (Å²) in [6.45, 7) is 2.01. The molecule has 3 N–H and O–H groups in total. The van der Waals surface area contributed by atoms with Gasteiger partial charge in [-0.05, 0) is 35.7 Å². The van der Waals surface area contributed by atoms with Crippen LogP contribution in [0.5, 0.6) is 0 Å². The number of nitrogens with one attached hydrogen (secondary N) is 1. The van der Waals surface area contributed by atoms with Gasteiger partial charge in [-0.15, -0.1) is 0 Å². The minimum absolute atomic E-state index is 0.0910. The van der Waals surface area contributed by atoms with Crippen molar-refractivity contribution in [2.75, 3.05) is 0 Å². The lowest BCUT2D eigenvalue weighted by atomic mass is 10.0. The lowest BCUT2D eigenvalue weighted by Gasteiger charge is -2.11. The largest absolute Gasteiger partial charge is 0.336 e. The fourth-order valence-electron chi connectivity index (χ4n) is 4.77. The second-order valence-corrected chi connectivity index (χ2v) is 11.3. The van der Waals surface area contributed by atoms with Crippen molar-refractivity contribution >= 4 is 21.2 Å². The lowest BCUT2D eigenvalue weighted by Crippen LogP contribution is -2.40. The molecule has 5 aromatic rings. The van der Waals surface area contributed by atoms with Crippen LogP contribution in [0.4, 0.5) is 13.2 Å². The van der Waals surface area contributed by atoms with Gasteiger partial charge in [-0.3, -0.25) is 13.9 Å². The zero-order valence-electron chi connectivity index (χ0n) is 22.4. The fraction of sp³-hybridized carbons (Fsp3) is 0.207. The first kappa shape index (κ1) is 29.0. The van der Waals surface area contributed by atoms with Gasteiger partial charge in [0.1, 0.15) is 17.2 Å². The number of primary sulfonamides is 1. The molecule has 0 spiro atoms. The topological polar surface area (TPSA) is 133 Å². The van der Waals surface area contributed by atoms with Crippen LogP contribution in [-0.4, -0.2) is 27.5 Å². The number of benzene rings is 3. The summed E-state index contributed by atoms with van der Waals surface area (Å²) >= 11 is 0. The summed E-state index contributed by atoms with van der Waals surface area (Å²) in [4.78, 5) is 33.7. The highest BCUT2D eigenvalue weighted by atomic mass is 32.2. The monoisotopic (exact) mass is 597 g/mol. The van der Waals surface area contributed by atoms with E-state index in [0.29, 0.717) is 30.4 Å². The molecule has 42 heavy (non-hydrogen) atoms. The summed E-state index contributed by atoms with van der Waals surface area (Å²) in [6, 6.07) is 13.5. The molecule has 0 amide bonds. The predicted octanol–water partition coefficient (Wildman–Crippen LogP) is 4.06. The third kappa shape index (κ3) is 5.52. The second-order valence-electron chi connectivity index (χ2n) is 9.81. The van der Waals surface area contributed by atoms with E-state index in [1.54, 1.807) is 18.2 Å². The summed E-state index contributed by atoms with van der Waals surface area (Å²) < 4.78 is 69.3. The van der Waals surface area contributed by atoms with Crippen molar-refractivity contribution in [3.63, 3.8) is 0 Å². The highest BCUT2D eigenvalue weighted by Gasteiger charge is 2.23. The third-order valence-electron chi connectivity index (χ3n) is 6.91. The molecule has 218 valence electrons. The molecule has 0 radical (unpaired) electrons. The average molecular weight is 598 g/mol. The number of sulfonamides is 1. The van der Waals surface area contributed by atoms with Crippen molar-refractivity contribution in [2.24, 2.45) is 5.14 Å². The number of imidazole rings is 1. The third-order valence-corrected chi connectivity index (χ3v) is 7.86. The van der Waals surface area contributed by atoms with Crippen LogP contribution in [0.2, 0.25) is 0 Å². The molecule has 2 heterocycles. The van der Waals surface area contributed by atoms with E-state index in [-0.39, 0.29) is 35.3 Å². The summed E-state index contributed by atoms with van der Waals surface area (Å²) in [5.41, 5.74) is -0.537. The maximum atomic E-state index is 14.6. The summed E-state index contributed by atoms with van der Waals surface area (Å²) in [6.07, 6.45) is 1.59. The SMILES string of the molecule is CCCCn1c(=O)n(Cc2ccccc2F)c(=O)c2[nH]c(Cc3ccc(-c4c(S(N)(=O)=O)ccc(F)c4F)cc3)nc21. The zero-order valence-corrected chi connectivity index (χ0v) is 23.2. The molecule has 0 fully saturated rings. The minimum Gasteiger partial charge on any atom is -0.336 e. The van der Waals surface area contributed by atoms with Crippen LogP contribution < -0.4 is 16.4 Å². The Morgan fingerprint density at radius 1 is 0.929 bits per heavy atom. The molecule has 0 aliphatic rings. The number of rotatable bonds is 9. The van der Waals surface area contributed by atoms with E-state index in [9.17, 15) is 31.2 Å². The van der Waals surface area contributed by atoms with Gasteiger partial charge in [-0.25, -0.2) is 36.5 Å². The van der Waals surface area contributed by atoms with Gasteiger partial charge in [0, 0.05) is 24.1 Å². The number of hydrogen-bond acceptors (Lipinski definition) is 5. The molecule has 2 aromatic heterocycles. The number of aromatic amines is 1. The number of aromatic nitrogens is 4. The van der Waals surface area contributed by atoms with Gasteiger partial charge in [0.05, 0.1) is 11.4 Å². The molecule has 0 bridgehead atoms. The second kappa shape index (κ2) is 11.4. The summed E-state index contributed by atoms with van der Waals surface area (Å²) in [7, 11) is -4.34. The normalized spacial score (nSPS) is 11.8. The first-order chi connectivity index (χ1) is 20.0. The minimum atomic E-state index is -4.34. The average Bonchev–Trinajstić information content (AvgIpc) is 3.37. The van der Waals surface area contributed by atoms with Crippen molar-refractivity contribution in [3.8, 4) is 11.1 Å². The van der Waals surface area contributed by atoms with E-state index < -0.39 is 49.2 Å².